The molecule has 0 radical (unpaired) electrons. The van der Waals surface area contributed by atoms with Crippen LogP contribution in [0.15, 0.2) is 17.8 Å². The van der Waals surface area contributed by atoms with Gasteiger partial charge in [0.1, 0.15) is 12.1 Å². The summed E-state index contributed by atoms with van der Waals surface area (Å²) in [5.74, 6) is 0.870. The molecular formula is C13H19N3OS. The number of fused-ring (bicyclic) bond motifs is 1. The van der Waals surface area contributed by atoms with Crippen molar-refractivity contribution >= 4 is 27.4 Å². The largest absolute Gasteiger partial charge is 0.396 e. The predicted molar refractivity (Wildman–Crippen MR) is 76.0 cm³/mol. The highest BCUT2D eigenvalue weighted by molar-refractivity contribution is 7.17. The van der Waals surface area contributed by atoms with Crippen molar-refractivity contribution in [3.8, 4) is 0 Å². The van der Waals surface area contributed by atoms with Crippen LogP contribution < -0.4 is 5.32 Å². The number of aliphatic hydroxyl groups excluding tert-OH is 1. The molecule has 18 heavy (non-hydrogen) atoms. The fourth-order valence-electron chi connectivity index (χ4n) is 1.97. The number of nitrogens with zero attached hydrogens (tertiary/aromatic N) is 2. The maximum atomic E-state index is 9.56. The lowest BCUT2D eigenvalue weighted by atomic mass is 9.83. The van der Waals surface area contributed by atoms with Crippen LogP contribution in [0.4, 0.5) is 5.82 Å². The minimum absolute atomic E-state index is 0.0610. The van der Waals surface area contributed by atoms with E-state index in [1.807, 2.05) is 11.4 Å². The van der Waals surface area contributed by atoms with Crippen molar-refractivity contribution in [1.29, 1.82) is 0 Å². The molecular weight excluding hydrogens is 246 g/mol. The molecule has 0 spiro atoms. The van der Waals surface area contributed by atoms with Gasteiger partial charge >= 0.3 is 0 Å². The SMILES string of the molecule is CCC(CC)(CO)CNc1ncnc2ccsc12. The molecule has 0 saturated heterocycles. The molecule has 2 aromatic rings. The molecule has 0 atom stereocenters. The summed E-state index contributed by atoms with van der Waals surface area (Å²) in [4.78, 5) is 8.51. The summed E-state index contributed by atoms with van der Waals surface area (Å²) >= 11 is 1.64. The highest BCUT2D eigenvalue weighted by Gasteiger charge is 2.25. The Morgan fingerprint density at radius 3 is 2.78 bits per heavy atom. The molecule has 0 saturated carbocycles. The van der Waals surface area contributed by atoms with Crippen LogP contribution in [0.3, 0.4) is 0 Å². The van der Waals surface area contributed by atoms with Crippen LogP contribution in [0.2, 0.25) is 0 Å². The van der Waals surface area contributed by atoms with Gasteiger partial charge in [0.15, 0.2) is 0 Å². The first-order valence-corrected chi connectivity index (χ1v) is 7.15. The van der Waals surface area contributed by atoms with E-state index in [1.165, 1.54) is 0 Å². The summed E-state index contributed by atoms with van der Waals surface area (Å²) in [6.45, 7) is 5.16. The van der Waals surface area contributed by atoms with E-state index in [9.17, 15) is 5.11 Å². The van der Waals surface area contributed by atoms with Gasteiger partial charge in [-0.1, -0.05) is 13.8 Å². The Bertz CT molecular complexity index is 499. The summed E-state index contributed by atoms with van der Waals surface area (Å²) in [7, 11) is 0. The Labute approximate surface area is 111 Å². The van der Waals surface area contributed by atoms with Gasteiger partial charge in [-0.25, -0.2) is 9.97 Å². The van der Waals surface area contributed by atoms with Gasteiger partial charge in [-0.3, -0.25) is 0 Å². The summed E-state index contributed by atoms with van der Waals surface area (Å²) in [6, 6.07) is 1.99. The highest BCUT2D eigenvalue weighted by Crippen LogP contribution is 2.29. The van der Waals surface area contributed by atoms with Gasteiger partial charge in [-0.15, -0.1) is 11.3 Å². The van der Waals surface area contributed by atoms with Gasteiger partial charge in [0.05, 0.1) is 16.8 Å². The smallest absolute Gasteiger partial charge is 0.147 e. The molecule has 5 heteroatoms. The van der Waals surface area contributed by atoms with E-state index in [1.54, 1.807) is 17.7 Å². The standard InChI is InChI=1S/C13H19N3OS/c1-3-13(4-2,8-17)7-14-12-11-10(5-6-18-11)15-9-16-12/h5-6,9,17H,3-4,7-8H2,1-2H3,(H,14,15,16). The van der Waals surface area contributed by atoms with Crippen molar-refractivity contribution in [2.45, 2.75) is 26.7 Å². The Hall–Kier alpha value is -1.20. The van der Waals surface area contributed by atoms with Gasteiger partial charge in [-0.05, 0) is 24.3 Å². The second-order valence-electron chi connectivity index (χ2n) is 4.58. The zero-order valence-electron chi connectivity index (χ0n) is 10.8. The quantitative estimate of drug-likeness (QED) is 0.843. The molecule has 0 bridgehead atoms. The van der Waals surface area contributed by atoms with E-state index < -0.39 is 0 Å². The van der Waals surface area contributed by atoms with Crippen LogP contribution >= 0.6 is 11.3 Å². The van der Waals surface area contributed by atoms with E-state index in [2.05, 4.69) is 29.1 Å². The molecule has 0 aliphatic heterocycles. The Morgan fingerprint density at radius 2 is 2.11 bits per heavy atom. The number of thiophene rings is 1. The van der Waals surface area contributed by atoms with Crippen LogP contribution in [-0.4, -0.2) is 28.2 Å². The Kier molecular flexibility index (Phi) is 4.14. The van der Waals surface area contributed by atoms with Crippen molar-refractivity contribution in [2.24, 2.45) is 5.41 Å². The van der Waals surface area contributed by atoms with Gasteiger partial charge < -0.3 is 10.4 Å². The van der Waals surface area contributed by atoms with Crippen LogP contribution in [0.5, 0.6) is 0 Å². The number of anilines is 1. The fourth-order valence-corrected chi connectivity index (χ4v) is 2.78. The van der Waals surface area contributed by atoms with Crippen molar-refractivity contribution in [3.05, 3.63) is 17.8 Å². The van der Waals surface area contributed by atoms with E-state index in [4.69, 9.17) is 0 Å². The second kappa shape index (κ2) is 5.63. The molecule has 2 rings (SSSR count). The zero-order chi connectivity index (χ0) is 13.0. The molecule has 2 N–H and O–H groups in total. The first-order valence-electron chi connectivity index (χ1n) is 6.27. The first kappa shape index (κ1) is 13.2. The highest BCUT2D eigenvalue weighted by atomic mass is 32.1. The van der Waals surface area contributed by atoms with E-state index in [0.717, 1.165) is 35.4 Å². The van der Waals surface area contributed by atoms with Gasteiger partial charge in [0, 0.05) is 12.0 Å². The molecule has 0 fully saturated rings. The third kappa shape index (κ3) is 2.47. The third-order valence-electron chi connectivity index (χ3n) is 3.71. The summed E-state index contributed by atoms with van der Waals surface area (Å²) in [5.41, 5.74) is 0.911. The molecule has 2 heterocycles. The number of rotatable bonds is 6. The van der Waals surface area contributed by atoms with Crippen molar-refractivity contribution < 1.29 is 5.11 Å². The molecule has 0 aliphatic rings. The number of aromatic nitrogens is 2. The van der Waals surface area contributed by atoms with Crippen molar-refractivity contribution in [2.75, 3.05) is 18.5 Å². The van der Waals surface area contributed by atoms with Crippen molar-refractivity contribution in [1.82, 2.24) is 9.97 Å². The molecule has 0 aromatic carbocycles. The lowest BCUT2D eigenvalue weighted by molar-refractivity contribution is 0.127. The lowest BCUT2D eigenvalue weighted by Gasteiger charge is -2.29. The molecule has 2 aromatic heterocycles. The van der Waals surface area contributed by atoms with Gasteiger partial charge in [-0.2, -0.15) is 0 Å². The Balaban J connectivity index is 2.17. The van der Waals surface area contributed by atoms with Crippen LogP contribution in [0, 0.1) is 5.41 Å². The third-order valence-corrected chi connectivity index (χ3v) is 4.62. The number of hydrogen-bond donors (Lipinski definition) is 2. The minimum atomic E-state index is -0.0610. The molecule has 4 nitrogen and oxygen atoms in total. The fraction of sp³-hybridized carbons (Fsp3) is 0.538. The lowest BCUT2D eigenvalue weighted by Crippen LogP contribution is -2.32. The average molecular weight is 265 g/mol. The summed E-state index contributed by atoms with van der Waals surface area (Å²) in [6.07, 6.45) is 3.48. The van der Waals surface area contributed by atoms with Crippen LogP contribution in [0.25, 0.3) is 10.2 Å². The maximum absolute atomic E-state index is 9.56. The normalized spacial score (nSPS) is 11.9. The van der Waals surface area contributed by atoms with Crippen LogP contribution in [0.1, 0.15) is 26.7 Å². The van der Waals surface area contributed by atoms with Crippen molar-refractivity contribution in [3.63, 3.8) is 0 Å². The first-order chi connectivity index (χ1) is 8.74. The van der Waals surface area contributed by atoms with Gasteiger partial charge in [0.25, 0.3) is 0 Å². The monoisotopic (exact) mass is 265 g/mol. The molecule has 0 unspecified atom stereocenters. The summed E-state index contributed by atoms with van der Waals surface area (Å²) in [5, 5.41) is 14.9. The number of nitrogens with one attached hydrogen (secondary N) is 1. The maximum Gasteiger partial charge on any atom is 0.147 e. The number of aliphatic hydroxyl groups is 1. The molecule has 98 valence electrons. The van der Waals surface area contributed by atoms with E-state index in [0.29, 0.717) is 0 Å². The predicted octanol–water partition coefficient (Wildman–Crippen LogP) is 2.90. The topological polar surface area (TPSA) is 58.0 Å². The molecule has 0 aliphatic carbocycles. The Morgan fingerprint density at radius 1 is 1.33 bits per heavy atom. The zero-order valence-corrected chi connectivity index (χ0v) is 11.6. The van der Waals surface area contributed by atoms with Crippen LogP contribution in [-0.2, 0) is 0 Å². The minimum Gasteiger partial charge on any atom is -0.396 e. The van der Waals surface area contributed by atoms with Gasteiger partial charge in [0.2, 0.25) is 0 Å². The second-order valence-corrected chi connectivity index (χ2v) is 5.49. The summed E-state index contributed by atoms with van der Waals surface area (Å²) < 4.78 is 1.08. The number of hydrogen-bond acceptors (Lipinski definition) is 5. The molecule has 0 amide bonds. The van der Waals surface area contributed by atoms with E-state index >= 15 is 0 Å². The average Bonchev–Trinajstić information content (AvgIpc) is 2.90. The van der Waals surface area contributed by atoms with E-state index in [-0.39, 0.29) is 12.0 Å².